The molecule has 1 aliphatic rings. The average molecular weight is 408 g/mol. The molecule has 0 radical (unpaired) electrons. The second-order valence-electron chi connectivity index (χ2n) is 5.79. The van der Waals surface area contributed by atoms with Gasteiger partial charge in [0.1, 0.15) is 16.4 Å². The number of nitrogens with zero attached hydrogens (tertiary/aromatic N) is 1. The molecule has 27 heavy (non-hydrogen) atoms. The molecule has 1 heterocycles. The van der Waals surface area contributed by atoms with Crippen molar-refractivity contribution in [3.63, 3.8) is 0 Å². The highest BCUT2D eigenvalue weighted by atomic mass is 32.5. The molecule has 1 saturated heterocycles. The van der Waals surface area contributed by atoms with Gasteiger partial charge in [0.05, 0.1) is 0 Å². The van der Waals surface area contributed by atoms with Crippen LogP contribution in [0.2, 0.25) is 0 Å². The minimum absolute atomic E-state index is 0.0605. The van der Waals surface area contributed by atoms with Gasteiger partial charge in [-0.3, -0.25) is 15.0 Å². The van der Waals surface area contributed by atoms with Crippen LogP contribution < -0.4 is 15.0 Å². The van der Waals surface area contributed by atoms with Gasteiger partial charge in [0.2, 0.25) is 5.91 Å². The summed E-state index contributed by atoms with van der Waals surface area (Å²) in [7, 11) is -9.72. The van der Waals surface area contributed by atoms with E-state index in [9.17, 15) is 29.0 Å². The van der Waals surface area contributed by atoms with Crippen molar-refractivity contribution in [1.29, 1.82) is 0 Å². The lowest BCUT2D eigenvalue weighted by Gasteiger charge is -2.40. The van der Waals surface area contributed by atoms with E-state index in [4.69, 9.17) is 4.74 Å². The maximum atomic E-state index is 12.7. The fourth-order valence-electron chi connectivity index (χ4n) is 2.41. The molecular weight excluding hydrogens is 395 g/mol. The first-order chi connectivity index (χ1) is 12.3. The van der Waals surface area contributed by atoms with Gasteiger partial charge in [0.15, 0.2) is 0 Å². The molecule has 1 N–H and O–H groups in total. The smallest absolute Gasteiger partial charge is 0.328 e. The quantitative estimate of drug-likeness (QED) is 0.672. The van der Waals surface area contributed by atoms with Crippen LogP contribution in [0.3, 0.4) is 0 Å². The van der Waals surface area contributed by atoms with Crippen molar-refractivity contribution in [3.8, 4) is 11.5 Å². The lowest BCUT2D eigenvalue weighted by molar-refractivity contribution is -0.120. The van der Waals surface area contributed by atoms with Crippen molar-refractivity contribution in [1.82, 2.24) is 5.32 Å². The molecule has 1 fully saturated rings. The zero-order valence-corrected chi connectivity index (χ0v) is 14.3. The highest BCUT2D eigenvalue weighted by molar-refractivity contribution is 8.45. The maximum Gasteiger partial charge on any atom is 0.328 e. The van der Waals surface area contributed by atoms with Crippen molar-refractivity contribution >= 4 is 27.8 Å². The second-order valence-corrected chi connectivity index (χ2v) is 8.20. The topological polar surface area (TPSA) is 58.6 Å². The first kappa shape index (κ1) is 19.0. The number of rotatable bonds is 4. The highest BCUT2D eigenvalue weighted by Gasteiger charge is 2.65. The Hall–Kier alpha value is -2.82. The molecule has 2 aromatic rings. The fraction of sp³-hybridized carbons (Fsp3) is 0.125. The van der Waals surface area contributed by atoms with Gasteiger partial charge in [-0.15, -0.1) is 0 Å². The van der Waals surface area contributed by atoms with Crippen LogP contribution in [0.25, 0.3) is 0 Å². The molecule has 0 saturated carbocycles. The van der Waals surface area contributed by atoms with Crippen molar-refractivity contribution in [3.05, 3.63) is 48.5 Å². The molecule has 3 amide bonds. The predicted molar refractivity (Wildman–Crippen MR) is 89.9 cm³/mol. The highest BCUT2D eigenvalue weighted by Crippen LogP contribution is 3.02. The third-order valence-electron chi connectivity index (χ3n) is 3.71. The van der Waals surface area contributed by atoms with Gasteiger partial charge in [-0.25, -0.2) is 4.79 Å². The Balaban J connectivity index is 1.72. The maximum absolute atomic E-state index is 12.7. The van der Waals surface area contributed by atoms with E-state index in [0.717, 1.165) is 12.1 Å². The van der Waals surface area contributed by atoms with Crippen molar-refractivity contribution in [2.24, 2.45) is 0 Å². The first-order valence-electron chi connectivity index (χ1n) is 7.55. The summed E-state index contributed by atoms with van der Waals surface area (Å²) in [6, 6.07) is 7.51. The van der Waals surface area contributed by atoms with Gasteiger partial charge >= 0.3 is 16.3 Å². The number of benzene rings is 2. The third kappa shape index (κ3) is 4.48. The largest absolute Gasteiger partial charge is 0.457 e. The van der Waals surface area contributed by atoms with Crippen LogP contribution in [-0.4, -0.2) is 18.5 Å². The number of carbonyl (C=O) groups excluding carboxylic acids is 2. The van der Waals surface area contributed by atoms with E-state index >= 15 is 0 Å². The Labute approximate surface area is 150 Å². The van der Waals surface area contributed by atoms with Gasteiger partial charge in [-0.1, -0.05) is 19.4 Å². The summed E-state index contributed by atoms with van der Waals surface area (Å²) in [5.74, 6) is -0.201. The summed E-state index contributed by atoms with van der Waals surface area (Å²) in [6.07, 6.45) is 0.155. The molecule has 0 aromatic heterocycles. The number of ether oxygens (including phenoxy) is 1. The zero-order chi connectivity index (χ0) is 19.9. The van der Waals surface area contributed by atoms with E-state index in [1.807, 2.05) is 0 Å². The number of carbonyl (C=O) groups is 2. The number of hydrogen-bond acceptors (Lipinski definition) is 3. The molecule has 0 aliphatic carbocycles. The van der Waals surface area contributed by atoms with Crippen LogP contribution in [0, 0.1) is 0 Å². The SMILES string of the molecule is O=C1CCN(c2ccc(Oc3ccc(S(F)(F)(F)(F)F)cc3)cc2)C(=O)N1. The van der Waals surface area contributed by atoms with Gasteiger partial charge < -0.3 is 4.74 Å². The van der Waals surface area contributed by atoms with Crippen LogP contribution in [0.15, 0.2) is 53.4 Å². The monoisotopic (exact) mass is 408 g/mol. The van der Waals surface area contributed by atoms with Crippen LogP contribution >= 0.6 is 10.2 Å². The Morgan fingerprint density at radius 2 is 1.37 bits per heavy atom. The Morgan fingerprint density at radius 1 is 0.852 bits per heavy atom. The van der Waals surface area contributed by atoms with Gasteiger partial charge in [-0.05, 0) is 48.5 Å². The van der Waals surface area contributed by atoms with E-state index in [1.54, 1.807) is 0 Å². The summed E-state index contributed by atoms with van der Waals surface area (Å²) in [4.78, 5) is 22.2. The molecule has 0 bridgehead atoms. The molecular formula is C16H13F5N2O3S. The minimum Gasteiger partial charge on any atom is -0.457 e. The van der Waals surface area contributed by atoms with E-state index in [0.29, 0.717) is 5.69 Å². The standard InChI is InChI=1S/C16H13F5N2O3S/c17-27(18,19,20,21)14-7-5-13(6-8-14)26-12-3-1-11(2-4-12)23-10-9-15(24)22-16(23)25/h1-8H,9-10H2,(H,22,24,25). The van der Waals surface area contributed by atoms with Gasteiger partial charge in [-0.2, -0.15) is 0 Å². The molecule has 146 valence electrons. The van der Waals surface area contributed by atoms with Crippen molar-refractivity contribution in [2.45, 2.75) is 11.3 Å². The number of nitrogens with one attached hydrogen (secondary N) is 1. The summed E-state index contributed by atoms with van der Waals surface area (Å²) in [5.41, 5.74) is 0.489. The number of hydrogen-bond donors (Lipinski definition) is 1. The molecule has 0 spiro atoms. The van der Waals surface area contributed by atoms with E-state index in [-0.39, 0.29) is 42.5 Å². The normalized spacial score (nSPS) is 17.7. The molecule has 0 unspecified atom stereocenters. The molecule has 2 aromatic carbocycles. The minimum atomic E-state index is -9.72. The number of anilines is 1. The lowest BCUT2D eigenvalue weighted by Crippen LogP contribution is -2.49. The van der Waals surface area contributed by atoms with Crippen LogP contribution in [0.1, 0.15) is 6.42 Å². The Morgan fingerprint density at radius 3 is 1.85 bits per heavy atom. The average Bonchev–Trinajstić information content (AvgIpc) is 2.54. The number of urea groups is 1. The molecule has 3 rings (SSSR count). The van der Waals surface area contributed by atoms with Crippen LogP contribution in [-0.2, 0) is 4.79 Å². The predicted octanol–water partition coefficient (Wildman–Crippen LogP) is 5.58. The molecule has 0 atom stereocenters. The van der Waals surface area contributed by atoms with Crippen molar-refractivity contribution in [2.75, 3.05) is 11.4 Å². The molecule has 5 nitrogen and oxygen atoms in total. The third-order valence-corrected chi connectivity index (χ3v) is 4.87. The van der Waals surface area contributed by atoms with Crippen LogP contribution in [0.4, 0.5) is 29.9 Å². The fourth-order valence-corrected chi connectivity index (χ4v) is 3.06. The number of imide groups is 1. The molecule has 1 aliphatic heterocycles. The number of halogens is 5. The van der Waals surface area contributed by atoms with E-state index < -0.39 is 21.2 Å². The Kier molecular flexibility index (Phi) is 3.92. The molecule has 11 heteroatoms. The summed E-state index contributed by atoms with van der Waals surface area (Å²) >= 11 is 0. The van der Waals surface area contributed by atoms with E-state index in [2.05, 4.69) is 5.32 Å². The number of amides is 3. The van der Waals surface area contributed by atoms with Crippen molar-refractivity contribution < 1.29 is 33.8 Å². The van der Waals surface area contributed by atoms with E-state index in [1.165, 1.54) is 29.2 Å². The summed E-state index contributed by atoms with van der Waals surface area (Å²) in [6.45, 7) is 0.209. The first-order valence-corrected chi connectivity index (χ1v) is 9.50. The summed E-state index contributed by atoms with van der Waals surface area (Å²) in [5, 5.41) is 2.17. The zero-order valence-electron chi connectivity index (χ0n) is 13.5. The van der Waals surface area contributed by atoms with Gasteiger partial charge in [0.25, 0.3) is 0 Å². The van der Waals surface area contributed by atoms with Gasteiger partial charge in [0, 0.05) is 18.7 Å². The lowest BCUT2D eigenvalue weighted by atomic mass is 10.2. The second kappa shape index (κ2) is 5.59. The van der Waals surface area contributed by atoms with Crippen LogP contribution in [0.5, 0.6) is 11.5 Å². The summed E-state index contributed by atoms with van der Waals surface area (Å²) < 4.78 is 68.7. The Bertz CT molecular complexity index is 899.